The first-order chi connectivity index (χ1) is 11.6. The standard InChI is InChI=1S/C19H30N4O.3ClH/c1-21(18(24)19(20)9-5-6-10-19)11-12-22-13-15-23(16-14-22)17-7-3-2-4-8-17;;;/h2-4,7-8H,5-6,9-16,20H2,1H3;3*1H. The van der Waals surface area contributed by atoms with E-state index in [1.165, 1.54) is 5.69 Å². The fourth-order valence-corrected chi connectivity index (χ4v) is 3.86. The van der Waals surface area contributed by atoms with Crippen LogP contribution in [0.4, 0.5) is 5.69 Å². The Morgan fingerprint density at radius 1 is 1.04 bits per heavy atom. The van der Waals surface area contributed by atoms with Crippen LogP contribution < -0.4 is 10.6 Å². The van der Waals surface area contributed by atoms with E-state index in [4.69, 9.17) is 5.73 Å². The van der Waals surface area contributed by atoms with Crippen molar-refractivity contribution >= 4 is 48.8 Å². The van der Waals surface area contributed by atoms with Gasteiger partial charge in [0.2, 0.25) is 5.91 Å². The predicted molar refractivity (Wildman–Crippen MR) is 120 cm³/mol. The molecule has 5 nitrogen and oxygen atoms in total. The number of nitrogens with two attached hydrogens (primary N) is 1. The van der Waals surface area contributed by atoms with E-state index in [2.05, 4.69) is 40.1 Å². The van der Waals surface area contributed by atoms with Gasteiger partial charge in [-0.2, -0.15) is 0 Å². The van der Waals surface area contributed by atoms with Crippen LogP contribution in [-0.2, 0) is 4.79 Å². The topological polar surface area (TPSA) is 52.8 Å². The van der Waals surface area contributed by atoms with Gasteiger partial charge in [-0.1, -0.05) is 31.0 Å². The van der Waals surface area contributed by atoms with Crippen LogP contribution >= 0.6 is 37.2 Å². The van der Waals surface area contributed by atoms with E-state index in [1.54, 1.807) is 0 Å². The van der Waals surface area contributed by atoms with Gasteiger partial charge in [-0.15, -0.1) is 37.2 Å². The van der Waals surface area contributed by atoms with E-state index in [1.807, 2.05) is 11.9 Å². The van der Waals surface area contributed by atoms with Gasteiger partial charge in [-0.05, 0) is 25.0 Å². The predicted octanol–water partition coefficient (Wildman–Crippen LogP) is 2.80. The molecule has 0 bridgehead atoms. The number of carbonyl (C=O) groups is 1. The number of carbonyl (C=O) groups excluding carboxylic acids is 1. The number of halogens is 3. The SMILES string of the molecule is CN(CCN1CCN(c2ccccc2)CC1)C(=O)C1(N)CCCC1.Cl.Cl.Cl. The molecule has 2 N–H and O–H groups in total. The van der Waals surface area contributed by atoms with Crippen LogP contribution in [0.15, 0.2) is 30.3 Å². The highest BCUT2D eigenvalue weighted by Gasteiger charge is 2.38. The van der Waals surface area contributed by atoms with E-state index < -0.39 is 5.54 Å². The Kier molecular flexibility index (Phi) is 11.7. The molecule has 1 aromatic carbocycles. The highest BCUT2D eigenvalue weighted by Crippen LogP contribution is 2.28. The maximum atomic E-state index is 12.6. The maximum Gasteiger partial charge on any atom is 0.242 e. The third kappa shape index (κ3) is 6.68. The number of hydrogen-bond donors (Lipinski definition) is 1. The minimum Gasteiger partial charge on any atom is -0.369 e. The van der Waals surface area contributed by atoms with Crippen molar-refractivity contribution in [2.75, 3.05) is 51.2 Å². The lowest BCUT2D eigenvalue weighted by Gasteiger charge is -2.37. The number of hydrogen-bond acceptors (Lipinski definition) is 4. The molecule has 8 heteroatoms. The van der Waals surface area contributed by atoms with Crippen LogP contribution in [0.3, 0.4) is 0 Å². The minimum atomic E-state index is -0.596. The van der Waals surface area contributed by atoms with Gasteiger partial charge in [0.15, 0.2) is 0 Å². The quantitative estimate of drug-likeness (QED) is 0.766. The Morgan fingerprint density at radius 3 is 2.15 bits per heavy atom. The number of amides is 1. The van der Waals surface area contributed by atoms with Crippen molar-refractivity contribution in [1.82, 2.24) is 9.80 Å². The third-order valence-electron chi connectivity index (χ3n) is 5.51. The minimum absolute atomic E-state index is 0. The average Bonchev–Trinajstić information content (AvgIpc) is 3.08. The summed E-state index contributed by atoms with van der Waals surface area (Å²) in [6.07, 6.45) is 3.84. The molecular weight excluding hydrogens is 407 g/mol. The molecule has 0 radical (unpaired) electrons. The molecule has 1 aliphatic carbocycles. The second kappa shape index (κ2) is 12.0. The first-order valence-corrected chi connectivity index (χ1v) is 9.15. The van der Waals surface area contributed by atoms with Gasteiger partial charge < -0.3 is 15.5 Å². The molecule has 2 aliphatic rings. The van der Waals surface area contributed by atoms with Gasteiger partial charge in [-0.25, -0.2) is 0 Å². The zero-order valence-electron chi connectivity index (χ0n) is 16.0. The summed E-state index contributed by atoms with van der Waals surface area (Å²) in [4.78, 5) is 19.3. The van der Waals surface area contributed by atoms with Gasteiger partial charge in [0.25, 0.3) is 0 Å². The lowest BCUT2D eigenvalue weighted by Crippen LogP contribution is -2.54. The van der Waals surface area contributed by atoms with Gasteiger partial charge in [-0.3, -0.25) is 9.69 Å². The van der Waals surface area contributed by atoms with Gasteiger partial charge in [0, 0.05) is 52.0 Å². The average molecular weight is 440 g/mol. The number of likely N-dealkylation sites (N-methyl/N-ethyl adjacent to an activating group) is 1. The Morgan fingerprint density at radius 2 is 1.59 bits per heavy atom. The zero-order valence-corrected chi connectivity index (χ0v) is 18.5. The molecule has 0 aromatic heterocycles. The Balaban J connectivity index is 0.00000225. The number of para-hydroxylation sites is 1. The molecule has 1 saturated carbocycles. The van der Waals surface area contributed by atoms with Crippen molar-refractivity contribution < 1.29 is 4.79 Å². The Labute approximate surface area is 181 Å². The Bertz CT molecular complexity index is 547. The monoisotopic (exact) mass is 438 g/mol. The fourth-order valence-electron chi connectivity index (χ4n) is 3.86. The van der Waals surface area contributed by atoms with Crippen LogP contribution in [0, 0.1) is 0 Å². The van der Waals surface area contributed by atoms with Crippen LogP contribution in [-0.4, -0.2) is 67.6 Å². The number of rotatable bonds is 5. The molecule has 156 valence electrons. The van der Waals surface area contributed by atoms with Gasteiger partial charge in [0.1, 0.15) is 0 Å². The van der Waals surface area contributed by atoms with E-state index in [0.717, 1.165) is 65.0 Å². The highest BCUT2D eigenvalue weighted by molar-refractivity contribution is 5.86. The molecule has 0 atom stereocenters. The van der Waals surface area contributed by atoms with Crippen LogP contribution in [0.2, 0.25) is 0 Å². The smallest absolute Gasteiger partial charge is 0.242 e. The molecule has 0 unspecified atom stereocenters. The van der Waals surface area contributed by atoms with Crippen molar-refractivity contribution in [2.45, 2.75) is 31.2 Å². The van der Waals surface area contributed by atoms with Crippen molar-refractivity contribution in [3.8, 4) is 0 Å². The molecule has 3 rings (SSSR count). The van der Waals surface area contributed by atoms with E-state index in [-0.39, 0.29) is 43.1 Å². The lowest BCUT2D eigenvalue weighted by atomic mass is 9.97. The van der Waals surface area contributed by atoms with E-state index in [0.29, 0.717) is 0 Å². The molecule has 1 aliphatic heterocycles. The number of anilines is 1. The van der Waals surface area contributed by atoms with Crippen LogP contribution in [0.25, 0.3) is 0 Å². The molecular formula is C19H33Cl3N4O. The van der Waals surface area contributed by atoms with Gasteiger partial charge in [0.05, 0.1) is 5.54 Å². The molecule has 0 spiro atoms. The number of piperazine rings is 1. The van der Waals surface area contributed by atoms with Crippen molar-refractivity contribution in [2.24, 2.45) is 5.73 Å². The fraction of sp³-hybridized carbons (Fsp3) is 0.632. The highest BCUT2D eigenvalue weighted by atomic mass is 35.5. The molecule has 2 fully saturated rings. The number of nitrogens with zero attached hydrogens (tertiary/aromatic N) is 3. The molecule has 27 heavy (non-hydrogen) atoms. The van der Waals surface area contributed by atoms with Crippen molar-refractivity contribution in [3.05, 3.63) is 30.3 Å². The summed E-state index contributed by atoms with van der Waals surface area (Å²) in [5, 5.41) is 0. The van der Waals surface area contributed by atoms with Crippen LogP contribution in [0.1, 0.15) is 25.7 Å². The lowest BCUT2D eigenvalue weighted by molar-refractivity contribution is -0.135. The first-order valence-electron chi connectivity index (χ1n) is 9.15. The Hall–Kier alpha value is -0.720. The molecule has 1 heterocycles. The van der Waals surface area contributed by atoms with Crippen molar-refractivity contribution in [3.63, 3.8) is 0 Å². The second-order valence-electron chi connectivity index (χ2n) is 7.25. The molecule has 1 saturated heterocycles. The van der Waals surface area contributed by atoms with Crippen molar-refractivity contribution in [1.29, 1.82) is 0 Å². The summed E-state index contributed by atoms with van der Waals surface area (Å²) in [6, 6.07) is 10.6. The number of benzene rings is 1. The van der Waals surface area contributed by atoms with E-state index in [9.17, 15) is 4.79 Å². The maximum absolute atomic E-state index is 12.6. The van der Waals surface area contributed by atoms with Crippen LogP contribution in [0.5, 0.6) is 0 Å². The van der Waals surface area contributed by atoms with E-state index >= 15 is 0 Å². The summed E-state index contributed by atoms with van der Waals surface area (Å²) in [6.45, 7) is 5.88. The summed E-state index contributed by atoms with van der Waals surface area (Å²) >= 11 is 0. The largest absolute Gasteiger partial charge is 0.369 e. The normalized spacial score (nSPS) is 18.7. The summed E-state index contributed by atoms with van der Waals surface area (Å²) in [5.41, 5.74) is 6.99. The zero-order chi connectivity index (χ0) is 17.0. The summed E-state index contributed by atoms with van der Waals surface area (Å²) in [7, 11) is 1.90. The molecule has 1 aromatic rings. The first kappa shape index (κ1) is 26.3. The summed E-state index contributed by atoms with van der Waals surface area (Å²) in [5.74, 6) is 0.128. The van der Waals surface area contributed by atoms with Gasteiger partial charge >= 0.3 is 0 Å². The second-order valence-corrected chi connectivity index (χ2v) is 7.25. The molecule has 1 amide bonds. The summed E-state index contributed by atoms with van der Waals surface area (Å²) < 4.78 is 0. The third-order valence-corrected chi connectivity index (χ3v) is 5.51.